The van der Waals surface area contributed by atoms with Crippen LogP contribution in [0.1, 0.15) is 24.0 Å². The molecule has 98 valence electrons. The van der Waals surface area contributed by atoms with Crippen molar-refractivity contribution in [2.45, 2.75) is 31.8 Å². The third-order valence-electron chi connectivity index (χ3n) is 3.34. The normalized spacial score (nSPS) is 15.0. The molecule has 0 atom stereocenters. The molecule has 0 amide bonds. The van der Waals surface area contributed by atoms with Crippen molar-refractivity contribution in [1.82, 2.24) is 10.2 Å². The van der Waals surface area contributed by atoms with Crippen molar-refractivity contribution < 1.29 is 0 Å². The fraction of sp³-hybridized carbons (Fsp3) is 0.500. The zero-order chi connectivity index (χ0) is 12.8. The SMILES string of the molecule is C=CCN(C)Cc1ccc(CCNC2CC2)cc1. The van der Waals surface area contributed by atoms with Crippen LogP contribution in [0.5, 0.6) is 0 Å². The first-order valence-corrected chi connectivity index (χ1v) is 6.88. The number of hydrogen-bond donors (Lipinski definition) is 1. The summed E-state index contributed by atoms with van der Waals surface area (Å²) in [5.74, 6) is 0. The molecule has 0 unspecified atom stereocenters. The summed E-state index contributed by atoms with van der Waals surface area (Å²) in [6, 6.07) is 9.81. The molecule has 2 nitrogen and oxygen atoms in total. The topological polar surface area (TPSA) is 15.3 Å². The summed E-state index contributed by atoms with van der Waals surface area (Å²) in [6.45, 7) is 6.80. The van der Waals surface area contributed by atoms with Gasteiger partial charge in [0.15, 0.2) is 0 Å². The van der Waals surface area contributed by atoms with Crippen molar-refractivity contribution in [2.75, 3.05) is 20.1 Å². The van der Waals surface area contributed by atoms with Gasteiger partial charge >= 0.3 is 0 Å². The lowest BCUT2D eigenvalue weighted by molar-refractivity contribution is 0.363. The van der Waals surface area contributed by atoms with Crippen LogP contribution in [0.3, 0.4) is 0 Å². The lowest BCUT2D eigenvalue weighted by Gasteiger charge is -2.14. The number of hydrogen-bond acceptors (Lipinski definition) is 2. The van der Waals surface area contributed by atoms with E-state index in [1.165, 1.54) is 24.0 Å². The van der Waals surface area contributed by atoms with Crippen LogP contribution in [0.2, 0.25) is 0 Å². The van der Waals surface area contributed by atoms with Gasteiger partial charge in [-0.25, -0.2) is 0 Å². The van der Waals surface area contributed by atoms with Gasteiger partial charge in [0, 0.05) is 19.1 Å². The van der Waals surface area contributed by atoms with Crippen LogP contribution in [0, 0.1) is 0 Å². The van der Waals surface area contributed by atoms with E-state index in [0.29, 0.717) is 0 Å². The maximum Gasteiger partial charge on any atom is 0.0233 e. The lowest BCUT2D eigenvalue weighted by atomic mass is 10.1. The molecular weight excluding hydrogens is 220 g/mol. The van der Waals surface area contributed by atoms with Gasteiger partial charge in [-0.3, -0.25) is 4.90 Å². The number of rotatable bonds is 8. The Morgan fingerprint density at radius 3 is 2.56 bits per heavy atom. The van der Waals surface area contributed by atoms with E-state index in [-0.39, 0.29) is 0 Å². The molecule has 1 aromatic rings. The van der Waals surface area contributed by atoms with Gasteiger partial charge in [0.2, 0.25) is 0 Å². The zero-order valence-electron chi connectivity index (χ0n) is 11.4. The molecule has 2 heteroatoms. The molecule has 2 rings (SSSR count). The minimum Gasteiger partial charge on any atom is -0.314 e. The molecule has 0 spiro atoms. The van der Waals surface area contributed by atoms with E-state index in [2.05, 4.69) is 48.1 Å². The molecule has 1 saturated carbocycles. The lowest BCUT2D eigenvalue weighted by Crippen LogP contribution is -2.19. The van der Waals surface area contributed by atoms with E-state index in [9.17, 15) is 0 Å². The Morgan fingerprint density at radius 1 is 1.28 bits per heavy atom. The van der Waals surface area contributed by atoms with Crippen LogP contribution in [-0.2, 0) is 13.0 Å². The van der Waals surface area contributed by atoms with Crippen LogP contribution in [0.15, 0.2) is 36.9 Å². The largest absolute Gasteiger partial charge is 0.314 e. The summed E-state index contributed by atoms with van der Waals surface area (Å²) in [5, 5.41) is 3.55. The summed E-state index contributed by atoms with van der Waals surface area (Å²) in [4.78, 5) is 2.26. The first kappa shape index (κ1) is 13.3. The van der Waals surface area contributed by atoms with Crippen LogP contribution in [0.4, 0.5) is 0 Å². The first-order valence-electron chi connectivity index (χ1n) is 6.88. The minimum atomic E-state index is 0.817. The van der Waals surface area contributed by atoms with Gasteiger partial charge in [-0.2, -0.15) is 0 Å². The first-order chi connectivity index (χ1) is 8.78. The van der Waals surface area contributed by atoms with E-state index >= 15 is 0 Å². The highest BCUT2D eigenvalue weighted by Crippen LogP contribution is 2.18. The smallest absolute Gasteiger partial charge is 0.0233 e. The highest BCUT2D eigenvalue weighted by molar-refractivity contribution is 5.22. The molecule has 1 N–H and O–H groups in total. The van der Waals surface area contributed by atoms with Crippen molar-refractivity contribution in [3.05, 3.63) is 48.0 Å². The molecule has 1 aromatic carbocycles. The summed E-state index contributed by atoms with van der Waals surface area (Å²) >= 11 is 0. The average molecular weight is 244 g/mol. The Balaban J connectivity index is 1.74. The third-order valence-corrected chi connectivity index (χ3v) is 3.34. The highest BCUT2D eigenvalue weighted by Gasteiger charge is 2.19. The second kappa shape index (κ2) is 6.72. The Kier molecular flexibility index (Phi) is 4.97. The standard InChI is InChI=1S/C16H24N2/c1-3-12-18(2)13-15-6-4-14(5-7-15)10-11-17-16-8-9-16/h3-7,16-17H,1,8-13H2,2H3. The molecule has 0 radical (unpaired) electrons. The predicted molar refractivity (Wildman–Crippen MR) is 77.7 cm³/mol. The fourth-order valence-electron chi connectivity index (χ4n) is 2.12. The molecule has 0 aliphatic heterocycles. The van der Waals surface area contributed by atoms with Gasteiger partial charge in [0.05, 0.1) is 0 Å². The van der Waals surface area contributed by atoms with Gasteiger partial charge in [-0.05, 0) is 44.0 Å². The monoisotopic (exact) mass is 244 g/mol. The van der Waals surface area contributed by atoms with E-state index in [1.807, 2.05) is 6.08 Å². The number of benzene rings is 1. The van der Waals surface area contributed by atoms with Crippen molar-refractivity contribution in [3.8, 4) is 0 Å². The van der Waals surface area contributed by atoms with Crippen molar-refractivity contribution in [1.29, 1.82) is 0 Å². The molecule has 0 heterocycles. The molecule has 1 fully saturated rings. The van der Waals surface area contributed by atoms with Gasteiger partial charge in [-0.1, -0.05) is 30.3 Å². The van der Waals surface area contributed by atoms with Gasteiger partial charge < -0.3 is 5.32 Å². The van der Waals surface area contributed by atoms with E-state index in [1.54, 1.807) is 0 Å². The summed E-state index contributed by atoms with van der Waals surface area (Å²) in [7, 11) is 2.12. The highest BCUT2D eigenvalue weighted by atomic mass is 15.1. The third kappa shape index (κ3) is 4.63. The van der Waals surface area contributed by atoms with Crippen LogP contribution in [-0.4, -0.2) is 31.1 Å². The molecule has 1 aliphatic rings. The number of nitrogens with one attached hydrogen (secondary N) is 1. The van der Waals surface area contributed by atoms with Gasteiger partial charge in [0.25, 0.3) is 0 Å². The maximum atomic E-state index is 3.76. The molecular formula is C16H24N2. The predicted octanol–water partition coefficient (Wildman–Crippen LogP) is 2.60. The van der Waals surface area contributed by atoms with E-state index < -0.39 is 0 Å². The molecule has 0 aromatic heterocycles. The second-order valence-corrected chi connectivity index (χ2v) is 5.28. The minimum absolute atomic E-state index is 0.817. The molecule has 18 heavy (non-hydrogen) atoms. The summed E-state index contributed by atoms with van der Waals surface area (Å²) in [5.41, 5.74) is 2.80. The van der Waals surface area contributed by atoms with E-state index in [4.69, 9.17) is 0 Å². The zero-order valence-corrected chi connectivity index (χ0v) is 11.4. The number of likely N-dealkylation sites (N-methyl/N-ethyl adjacent to an activating group) is 1. The Labute approximate surface area is 111 Å². The molecule has 0 saturated heterocycles. The average Bonchev–Trinajstić information content (AvgIpc) is 3.16. The van der Waals surface area contributed by atoms with Crippen LogP contribution < -0.4 is 5.32 Å². The Bertz CT molecular complexity index is 365. The summed E-state index contributed by atoms with van der Waals surface area (Å²) < 4.78 is 0. The van der Waals surface area contributed by atoms with Crippen LogP contribution in [0.25, 0.3) is 0 Å². The van der Waals surface area contributed by atoms with Gasteiger partial charge in [-0.15, -0.1) is 6.58 Å². The second-order valence-electron chi connectivity index (χ2n) is 5.28. The van der Waals surface area contributed by atoms with E-state index in [0.717, 1.165) is 32.1 Å². The maximum absolute atomic E-state index is 3.76. The van der Waals surface area contributed by atoms with Crippen molar-refractivity contribution in [3.63, 3.8) is 0 Å². The Morgan fingerprint density at radius 2 is 1.94 bits per heavy atom. The summed E-state index contributed by atoms with van der Waals surface area (Å²) in [6.07, 6.45) is 5.82. The van der Waals surface area contributed by atoms with Crippen molar-refractivity contribution in [2.24, 2.45) is 0 Å². The quantitative estimate of drug-likeness (QED) is 0.707. The van der Waals surface area contributed by atoms with Gasteiger partial charge in [0.1, 0.15) is 0 Å². The Hall–Kier alpha value is -1.12. The molecule has 1 aliphatic carbocycles. The van der Waals surface area contributed by atoms with Crippen LogP contribution >= 0.6 is 0 Å². The fourth-order valence-corrected chi connectivity index (χ4v) is 2.12. The molecule has 0 bridgehead atoms. The van der Waals surface area contributed by atoms with Crippen molar-refractivity contribution >= 4 is 0 Å². The number of nitrogens with zero attached hydrogens (tertiary/aromatic N) is 1.